The van der Waals surface area contributed by atoms with Crippen LogP contribution in [0.1, 0.15) is 140 Å². The Morgan fingerprint density at radius 3 is 1.49 bits per heavy atom. The van der Waals surface area contributed by atoms with Crippen molar-refractivity contribution in [1.82, 2.24) is 0 Å². The van der Waals surface area contributed by atoms with E-state index >= 15 is 0 Å². The minimum atomic E-state index is -2.55. The number of ether oxygens (including phenoxy) is 7. The number of hydrogen-bond donors (Lipinski definition) is 4. The first-order valence-corrected chi connectivity index (χ1v) is 22.7. The van der Waals surface area contributed by atoms with E-state index in [0.29, 0.717) is 19.3 Å². The number of hydrogen-bond acceptors (Lipinski definition) is 20. The van der Waals surface area contributed by atoms with Crippen molar-refractivity contribution < 1.29 is 96.7 Å². The number of aliphatic hydroxyl groups is 4. The first kappa shape index (κ1) is 52.9. The summed E-state index contributed by atoms with van der Waals surface area (Å²) in [6.07, 6.45) is -5.91. The molecular weight excluding hydrogens is 884 g/mol. The van der Waals surface area contributed by atoms with Gasteiger partial charge in [0.05, 0.1) is 5.92 Å². The van der Waals surface area contributed by atoms with Crippen LogP contribution in [0.5, 0.6) is 0 Å². The summed E-state index contributed by atoms with van der Waals surface area (Å²) < 4.78 is 38.9. The molecule has 2 saturated carbocycles. The highest BCUT2D eigenvalue weighted by atomic mass is 16.6. The summed E-state index contributed by atoms with van der Waals surface area (Å²) in [6.45, 7) is 15.9. The molecule has 4 N–H and O–H groups in total. The average molecular weight is 949 g/mol. The largest absolute Gasteiger partial charge is 0.459 e. The summed E-state index contributed by atoms with van der Waals surface area (Å²) in [6, 6.07) is 0. The van der Waals surface area contributed by atoms with Crippen molar-refractivity contribution in [2.24, 2.45) is 11.8 Å². The van der Waals surface area contributed by atoms with Gasteiger partial charge in [0.1, 0.15) is 23.4 Å². The zero-order valence-electron chi connectivity index (χ0n) is 39.9. The van der Waals surface area contributed by atoms with Crippen molar-refractivity contribution in [2.45, 2.75) is 204 Å². The third-order valence-corrected chi connectivity index (χ3v) is 14.2. The van der Waals surface area contributed by atoms with Gasteiger partial charge in [-0.1, -0.05) is 27.2 Å². The molecule has 4 aliphatic carbocycles. The number of carbonyl (C=O) groups excluding carboxylic acids is 9. The van der Waals surface area contributed by atoms with Crippen LogP contribution in [0.15, 0.2) is 22.3 Å². The number of esters is 7. The lowest BCUT2D eigenvalue weighted by molar-refractivity contribution is -0.211. The van der Waals surface area contributed by atoms with Crippen LogP contribution in [0.3, 0.4) is 0 Å². The number of unbranched alkanes of at least 4 members (excludes halogenated alkanes) is 1. The lowest BCUT2D eigenvalue weighted by Gasteiger charge is -2.41. The van der Waals surface area contributed by atoms with Crippen molar-refractivity contribution in [3.05, 3.63) is 22.3 Å². The van der Waals surface area contributed by atoms with E-state index in [9.17, 15) is 63.6 Å². The van der Waals surface area contributed by atoms with E-state index in [1.54, 1.807) is 20.8 Å². The van der Waals surface area contributed by atoms with Gasteiger partial charge in [-0.05, 0) is 83.1 Å². The molecule has 2 saturated heterocycles. The summed E-state index contributed by atoms with van der Waals surface area (Å²) in [7, 11) is 0. The van der Waals surface area contributed by atoms with Gasteiger partial charge in [0, 0.05) is 58.3 Å². The molecule has 0 aromatic rings. The number of ketones is 2. The van der Waals surface area contributed by atoms with Crippen molar-refractivity contribution in [2.75, 3.05) is 0 Å². The molecule has 2 heterocycles. The maximum atomic E-state index is 13.4. The summed E-state index contributed by atoms with van der Waals surface area (Å²) in [5, 5.41) is 45.8. The van der Waals surface area contributed by atoms with Gasteiger partial charge in [-0.2, -0.15) is 0 Å². The van der Waals surface area contributed by atoms with Crippen LogP contribution < -0.4 is 0 Å². The first-order chi connectivity index (χ1) is 30.9. The zero-order chi connectivity index (χ0) is 50.6. The molecule has 0 bridgehead atoms. The monoisotopic (exact) mass is 948 g/mol. The van der Waals surface area contributed by atoms with Gasteiger partial charge < -0.3 is 53.6 Å². The lowest BCUT2D eigenvalue weighted by atomic mass is 9.75. The summed E-state index contributed by atoms with van der Waals surface area (Å²) >= 11 is 0. The standard InChI is InChI=1S/C26H36O11.C21H28O9/c1-7-9-11-17(29)35-21-19-18(13(3)20(21)30)22-26(33,25(6,32)23(31)36-22)15(34-16(28)10-8-2)12-24(19,5)37-14(4)27;1-6-7-15(24)28-14-9-19(4,30-11(3)22)12-8-13(23)10(2)16(12)17-21(14,27)20(5,26)18(25)29-17/h15,19,21-22,32-33H,7-12H2,1-6H3;12,14,17,26-27H,6-9H2,1-5H3/t15-,19+,21-,22-,24-,25+,26+;12-,14-,17-,19-,20+,21+/m00/s1. The van der Waals surface area contributed by atoms with Crippen LogP contribution in [-0.2, 0) is 76.3 Å². The highest BCUT2D eigenvalue weighted by Crippen LogP contribution is 2.58. The van der Waals surface area contributed by atoms with Crippen molar-refractivity contribution in [3.8, 4) is 0 Å². The van der Waals surface area contributed by atoms with Gasteiger partial charge in [-0.25, -0.2) is 9.59 Å². The fourth-order valence-corrected chi connectivity index (χ4v) is 10.7. The van der Waals surface area contributed by atoms with Gasteiger partial charge in [-0.3, -0.25) is 33.6 Å². The van der Waals surface area contributed by atoms with E-state index in [1.165, 1.54) is 27.7 Å². The molecule has 0 amide bonds. The van der Waals surface area contributed by atoms with Gasteiger partial charge in [0.25, 0.3) is 0 Å². The van der Waals surface area contributed by atoms with E-state index in [-0.39, 0.29) is 60.2 Å². The van der Waals surface area contributed by atoms with Crippen LogP contribution in [0.4, 0.5) is 0 Å². The Morgan fingerprint density at radius 2 is 1.04 bits per heavy atom. The molecular formula is C47H64O20. The molecule has 372 valence electrons. The quantitative estimate of drug-likeness (QED) is 0.161. The Balaban J connectivity index is 0.000000256. The normalized spacial score (nSPS) is 38.5. The van der Waals surface area contributed by atoms with Crippen LogP contribution in [0.2, 0.25) is 0 Å². The van der Waals surface area contributed by atoms with E-state index in [0.717, 1.165) is 27.2 Å². The maximum absolute atomic E-state index is 13.4. The summed E-state index contributed by atoms with van der Waals surface area (Å²) in [5.74, 6) is -8.32. The Labute approximate surface area is 388 Å². The molecule has 13 atom stereocenters. The SMILES string of the molecule is CCCC(=O)O[C@H]1C[C@](C)(OC(C)=O)[C@H]2CC(=O)C(C)=C2[C@@H]2OC(=O)[C@@](C)(O)[C@@]12O.CCCCC(=O)O[C@@H]1C(=O)C(C)=C2[C@H]1[C@@](C)(OC(C)=O)C[C@H](OC(=O)CCC)[C@@]1(O)[C@H]2OC(=O)[C@@]1(C)O. The predicted octanol–water partition coefficient (Wildman–Crippen LogP) is 2.19. The van der Waals surface area contributed by atoms with Crippen molar-refractivity contribution >= 4 is 53.4 Å². The number of allylic oxidation sites excluding steroid dienone is 1. The fraction of sp³-hybridized carbons (Fsp3) is 0.723. The molecule has 67 heavy (non-hydrogen) atoms. The van der Waals surface area contributed by atoms with Crippen molar-refractivity contribution in [1.29, 1.82) is 0 Å². The van der Waals surface area contributed by atoms with E-state index in [1.807, 2.05) is 6.92 Å². The Kier molecular flexibility index (Phi) is 14.8. The molecule has 20 nitrogen and oxygen atoms in total. The Morgan fingerprint density at radius 1 is 0.612 bits per heavy atom. The minimum absolute atomic E-state index is 0.0141. The van der Waals surface area contributed by atoms with Crippen LogP contribution in [-0.4, -0.2) is 138 Å². The smallest absolute Gasteiger partial charge is 0.341 e. The van der Waals surface area contributed by atoms with Gasteiger partial charge in [0.2, 0.25) is 0 Å². The molecule has 4 fully saturated rings. The van der Waals surface area contributed by atoms with E-state index in [2.05, 4.69) is 0 Å². The van der Waals surface area contributed by atoms with Gasteiger partial charge >= 0.3 is 41.8 Å². The second-order valence-electron chi connectivity index (χ2n) is 19.2. The summed E-state index contributed by atoms with van der Waals surface area (Å²) in [5.41, 5.74) is -12.2. The lowest BCUT2D eigenvalue weighted by Crippen LogP contribution is -2.64. The molecule has 20 heteroatoms. The van der Waals surface area contributed by atoms with Crippen molar-refractivity contribution in [3.63, 3.8) is 0 Å². The number of rotatable bonds is 12. The third kappa shape index (κ3) is 8.82. The van der Waals surface area contributed by atoms with Gasteiger partial charge in [-0.15, -0.1) is 0 Å². The maximum Gasteiger partial charge on any atom is 0.341 e. The predicted molar refractivity (Wildman–Crippen MR) is 226 cm³/mol. The number of fused-ring (bicyclic) bond motifs is 6. The van der Waals surface area contributed by atoms with Gasteiger partial charge in [0.15, 0.2) is 52.3 Å². The van der Waals surface area contributed by atoms with Crippen LogP contribution in [0, 0.1) is 11.8 Å². The zero-order valence-corrected chi connectivity index (χ0v) is 39.9. The first-order valence-electron chi connectivity index (χ1n) is 22.7. The number of Topliss-reactive ketones (excluding diaryl/α,β-unsaturated/α-hetero) is 2. The average Bonchev–Trinajstić information content (AvgIpc) is 3.75. The molecule has 0 aromatic carbocycles. The highest BCUT2D eigenvalue weighted by molar-refractivity contribution is 6.04. The number of carbonyl (C=O) groups is 9. The summed E-state index contributed by atoms with van der Waals surface area (Å²) in [4.78, 5) is 113. The molecule has 0 unspecified atom stereocenters. The van der Waals surface area contributed by atoms with E-state index in [4.69, 9.17) is 33.2 Å². The molecule has 2 aliphatic heterocycles. The molecule has 6 aliphatic rings. The fourth-order valence-electron chi connectivity index (χ4n) is 10.7. The molecule has 0 aromatic heterocycles. The third-order valence-electron chi connectivity index (χ3n) is 14.2. The molecule has 0 spiro atoms. The Bertz CT molecular complexity index is 2170. The Hall–Kier alpha value is -5.05. The van der Waals surface area contributed by atoms with Crippen LogP contribution >= 0.6 is 0 Å². The highest BCUT2D eigenvalue weighted by Gasteiger charge is 2.77. The topological polar surface area (TPSA) is 299 Å². The second-order valence-corrected chi connectivity index (χ2v) is 19.2. The van der Waals surface area contributed by atoms with Crippen LogP contribution in [0.25, 0.3) is 0 Å². The molecule has 6 rings (SSSR count). The second kappa shape index (κ2) is 18.8. The minimum Gasteiger partial charge on any atom is -0.459 e. The molecule has 0 radical (unpaired) electrons. The van der Waals surface area contributed by atoms with E-state index < -0.39 is 130 Å².